The maximum atomic E-state index is 12.8. The normalized spacial score (nSPS) is 15.1. The molecule has 0 radical (unpaired) electrons. The van der Waals surface area contributed by atoms with E-state index in [0.29, 0.717) is 12.1 Å². The average molecular weight is 387 g/mol. The molecule has 0 bridgehead atoms. The molecule has 9 heteroatoms. The Morgan fingerprint density at radius 1 is 1.26 bits per heavy atom. The Morgan fingerprint density at radius 3 is 2.85 bits per heavy atom. The van der Waals surface area contributed by atoms with Gasteiger partial charge in [-0.05, 0) is 37.1 Å². The van der Waals surface area contributed by atoms with Crippen molar-refractivity contribution in [2.75, 3.05) is 11.4 Å². The fourth-order valence-electron chi connectivity index (χ4n) is 3.24. The van der Waals surface area contributed by atoms with Gasteiger partial charge in [0.25, 0.3) is 0 Å². The van der Waals surface area contributed by atoms with E-state index >= 15 is 0 Å². The van der Waals surface area contributed by atoms with Crippen LogP contribution in [-0.2, 0) is 21.2 Å². The van der Waals surface area contributed by atoms with E-state index in [2.05, 4.69) is 9.71 Å². The SMILES string of the molecule is C[C@@H](NS(=O)(=O)c1ccc2[nH]c(=O)oc2c1)C(=O)N1CCc2ccccc21. The van der Waals surface area contributed by atoms with E-state index in [0.717, 1.165) is 17.7 Å². The lowest BCUT2D eigenvalue weighted by Gasteiger charge is -2.22. The lowest BCUT2D eigenvalue weighted by molar-refractivity contribution is -0.119. The first-order valence-electron chi connectivity index (χ1n) is 8.40. The molecule has 1 aromatic heterocycles. The van der Waals surface area contributed by atoms with E-state index in [-0.39, 0.29) is 16.4 Å². The number of nitrogens with zero attached hydrogens (tertiary/aromatic N) is 1. The van der Waals surface area contributed by atoms with Crippen LogP contribution in [0.2, 0.25) is 0 Å². The summed E-state index contributed by atoms with van der Waals surface area (Å²) in [5, 5.41) is 0. The minimum absolute atomic E-state index is 0.0841. The molecule has 0 saturated carbocycles. The highest BCUT2D eigenvalue weighted by molar-refractivity contribution is 7.89. The highest BCUT2D eigenvalue weighted by Crippen LogP contribution is 2.28. The van der Waals surface area contributed by atoms with E-state index in [1.165, 1.54) is 25.1 Å². The number of aromatic nitrogens is 1. The Balaban J connectivity index is 1.56. The third kappa shape index (κ3) is 3.15. The predicted molar refractivity (Wildman–Crippen MR) is 99.1 cm³/mol. The van der Waals surface area contributed by atoms with Crippen LogP contribution in [-0.4, -0.2) is 31.9 Å². The van der Waals surface area contributed by atoms with Gasteiger partial charge in [-0.2, -0.15) is 4.72 Å². The zero-order valence-corrected chi connectivity index (χ0v) is 15.2. The summed E-state index contributed by atoms with van der Waals surface area (Å²) in [6.07, 6.45) is 0.741. The zero-order valence-electron chi connectivity index (χ0n) is 14.4. The molecule has 2 aromatic carbocycles. The number of rotatable bonds is 4. The summed E-state index contributed by atoms with van der Waals surface area (Å²) >= 11 is 0. The first-order valence-corrected chi connectivity index (χ1v) is 9.88. The Hall–Kier alpha value is -2.91. The molecule has 8 nitrogen and oxygen atoms in total. The van der Waals surface area contributed by atoms with Crippen molar-refractivity contribution in [2.24, 2.45) is 0 Å². The average Bonchev–Trinajstić information content (AvgIpc) is 3.22. The molecule has 1 amide bonds. The molecule has 2 N–H and O–H groups in total. The maximum absolute atomic E-state index is 12.8. The number of hydrogen-bond acceptors (Lipinski definition) is 5. The molecule has 4 rings (SSSR count). The molecule has 0 saturated heterocycles. The van der Waals surface area contributed by atoms with Gasteiger partial charge in [0.1, 0.15) is 0 Å². The number of H-pyrrole nitrogens is 1. The topological polar surface area (TPSA) is 112 Å². The van der Waals surface area contributed by atoms with Crippen LogP contribution in [0.1, 0.15) is 12.5 Å². The molecule has 3 aromatic rings. The molecule has 0 unspecified atom stereocenters. The molecular formula is C18H17N3O5S. The summed E-state index contributed by atoms with van der Waals surface area (Å²) in [5.41, 5.74) is 2.41. The zero-order chi connectivity index (χ0) is 19.2. The Bertz CT molecular complexity index is 1190. The van der Waals surface area contributed by atoms with Crippen LogP contribution >= 0.6 is 0 Å². The van der Waals surface area contributed by atoms with Crippen molar-refractivity contribution >= 4 is 32.7 Å². The van der Waals surface area contributed by atoms with Gasteiger partial charge in [0.15, 0.2) is 5.58 Å². The molecule has 0 fully saturated rings. The molecule has 1 aliphatic heterocycles. The van der Waals surface area contributed by atoms with Gasteiger partial charge in [0, 0.05) is 18.3 Å². The van der Waals surface area contributed by atoms with Crippen LogP contribution in [0.5, 0.6) is 0 Å². The fraction of sp³-hybridized carbons (Fsp3) is 0.222. The van der Waals surface area contributed by atoms with Crippen molar-refractivity contribution in [3.8, 4) is 0 Å². The van der Waals surface area contributed by atoms with E-state index in [4.69, 9.17) is 4.42 Å². The van der Waals surface area contributed by atoms with Crippen LogP contribution in [0.4, 0.5) is 5.69 Å². The van der Waals surface area contributed by atoms with Crippen molar-refractivity contribution < 1.29 is 17.6 Å². The van der Waals surface area contributed by atoms with Gasteiger partial charge in [0.05, 0.1) is 16.5 Å². The highest BCUT2D eigenvalue weighted by atomic mass is 32.2. The summed E-state index contributed by atoms with van der Waals surface area (Å²) < 4.78 is 32.6. The summed E-state index contributed by atoms with van der Waals surface area (Å²) in [6.45, 7) is 2.03. The van der Waals surface area contributed by atoms with E-state index in [1.54, 1.807) is 4.90 Å². The predicted octanol–water partition coefficient (Wildman–Crippen LogP) is 1.38. The summed E-state index contributed by atoms with van der Waals surface area (Å²) in [4.78, 5) is 27.9. The number of fused-ring (bicyclic) bond motifs is 2. The molecule has 1 aliphatic rings. The standard InChI is InChI=1S/C18H17N3O5S/c1-11(17(22)21-9-8-12-4-2-3-5-15(12)21)20-27(24,25)13-6-7-14-16(10-13)26-18(23)19-14/h2-7,10-11,20H,8-9H2,1H3,(H,19,23)/t11-/m1/s1. The van der Waals surface area contributed by atoms with E-state index in [9.17, 15) is 18.0 Å². The molecule has 2 heterocycles. The van der Waals surface area contributed by atoms with Gasteiger partial charge < -0.3 is 9.32 Å². The number of oxazole rings is 1. The Morgan fingerprint density at radius 2 is 2.04 bits per heavy atom. The first-order chi connectivity index (χ1) is 12.8. The quantitative estimate of drug-likeness (QED) is 0.702. The van der Waals surface area contributed by atoms with Crippen LogP contribution < -0.4 is 15.4 Å². The van der Waals surface area contributed by atoms with Gasteiger partial charge in [-0.1, -0.05) is 18.2 Å². The summed E-state index contributed by atoms with van der Waals surface area (Å²) in [6, 6.07) is 10.7. The molecule has 0 spiro atoms. The highest BCUT2D eigenvalue weighted by Gasteiger charge is 2.30. The van der Waals surface area contributed by atoms with Crippen molar-refractivity contribution in [3.05, 3.63) is 58.6 Å². The van der Waals surface area contributed by atoms with Crippen LogP contribution in [0, 0.1) is 0 Å². The number of carbonyl (C=O) groups is 1. The Labute approximate surface area is 154 Å². The summed E-state index contributed by atoms with van der Waals surface area (Å²) in [7, 11) is -3.97. The van der Waals surface area contributed by atoms with E-state index < -0.39 is 21.8 Å². The smallest absolute Gasteiger partial charge is 0.408 e. The van der Waals surface area contributed by atoms with Crippen LogP contribution in [0.3, 0.4) is 0 Å². The van der Waals surface area contributed by atoms with Gasteiger partial charge in [0.2, 0.25) is 15.9 Å². The fourth-order valence-corrected chi connectivity index (χ4v) is 4.46. The van der Waals surface area contributed by atoms with Crippen molar-refractivity contribution in [2.45, 2.75) is 24.3 Å². The second kappa shape index (κ2) is 6.36. The van der Waals surface area contributed by atoms with Gasteiger partial charge in [-0.3, -0.25) is 9.78 Å². The third-order valence-electron chi connectivity index (χ3n) is 4.56. The van der Waals surface area contributed by atoms with Crippen molar-refractivity contribution in [3.63, 3.8) is 0 Å². The number of benzene rings is 2. The van der Waals surface area contributed by atoms with Gasteiger partial charge in [-0.15, -0.1) is 0 Å². The van der Waals surface area contributed by atoms with Crippen molar-refractivity contribution in [1.82, 2.24) is 9.71 Å². The first kappa shape index (κ1) is 17.5. The number of hydrogen-bond donors (Lipinski definition) is 2. The van der Waals surface area contributed by atoms with Crippen molar-refractivity contribution in [1.29, 1.82) is 0 Å². The number of anilines is 1. The summed E-state index contributed by atoms with van der Waals surface area (Å²) in [5.74, 6) is -0.985. The minimum Gasteiger partial charge on any atom is -0.408 e. The molecule has 1 atom stereocenters. The van der Waals surface area contributed by atoms with E-state index in [1.807, 2.05) is 24.3 Å². The minimum atomic E-state index is -3.97. The van der Waals surface area contributed by atoms with Gasteiger partial charge >= 0.3 is 5.76 Å². The molecule has 140 valence electrons. The lowest BCUT2D eigenvalue weighted by Crippen LogP contribution is -2.46. The molecular weight excluding hydrogens is 370 g/mol. The van der Waals surface area contributed by atoms with Crippen LogP contribution in [0.15, 0.2) is 56.6 Å². The number of carbonyl (C=O) groups excluding carboxylic acids is 1. The lowest BCUT2D eigenvalue weighted by atomic mass is 10.2. The molecule has 0 aliphatic carbocycles. The Kier molecular flexibility index (Phi) is 4.12. The van der Waals surface area contributed by atoms with Gasteiger partial charge in [-0.25, -0.2) is 13.2 Å². The monoisotopic (exact) mass is 387 g/mol. The number of para-hydroxylation sites is 1. The number of amides is 1. The third-order valence-corrected chi connectivity index (χ3v) is 6.10. The number of aromatic amines is 1. The van der Waals surface area contributed by atoms with Crippen LogP contribution in [0.25, 0.3) is 11.1 Å². The second-order valence-corrected chi connectivity index (χ2v) is 8.10. The number of nitrogens with one attached hydrogen (secondary N) is 2. The molecule has 27 heavy (non-hydrogen) atoms. The second-order valence-electron chi connectivity index (χ2n) is 6.38. The number of sulfonamides is 1. The maximum Gasteiger partial charge on any atom is 0.417 e. The largest absolute Gasteiger partial charge is 0.417 e.